The highest BCUT2D eigenvalue weighted by atomic mass is 16.5. The minimum atomic E-state index is 0.197. The molecular formula is C13H27NO2. The van der Waals surface area contributed by atoms with Crippen molar-refractivity contribution in [2.75, 3.05) is 20.3 Å². The van der Waals surface area contributed by atoms with Crippen LogP contribution in [0.2, 0.25) is 0 Å². The van der Waals surface area contributed by atoms with E-state index in [0.29, 0.717) is 6.42 Å². The lowest BCUT2D eigenvalue weighted by Crippen LogP contribution is -2.23. The minimum Gasteiger partial charge on any atom is -0.385 e. The van der Waals surface area contributed by atoms with Crippen molar-refractivity contribution in [3.8, 4) is 0 Å². The quantitative estimate of drug-likeness (QED) is 0.553. The van der Waals surface area contributed by atoms with Gasteiger partial charge in [-0.05, 0) is 19.3 Å². The molecule has 0 aromatic rings. The van der Waals surface area contributed by atoms with Gasteiger partial charge >= 0.3 is 0 Å². The van der Waals surface area contributed by atoms with E-state index in [2.05, 4.69) is 5.32 Å². The normalized spacial score (nSPS) is 10.4. The molecule has 3 heteroatoms. The molecule has 0 fully saturated rings. The van der Waals surface area contributed by atoms with Crippen molar-refractivity contribution in [2.45, 2.75) is 58.3 Å². The number of hydrogen-bond donors (Lipinski definition) is 1. The Bertz CT molecular complexity index is 160. The molecule has 96 valence electrons. The van der Waals surface area contributed by atoms with Gasteiger partial charge in [0.15, 0.2) is 0 Å². The zero-order chi connectivity index (χ0) is 12.1. The summed E-state index contributed by atoms with van der Waals surface area (Å²) in [6.45, 7) is 3.75. The molecule has 0 radical (unpaired) electrons. The number of nitrogens with one attached hydrogen (secondary N) is 1. The van der Waals surface area contributed by atoms with E-state index in [1.54, 1.807) is 7.11 Å². The molecule has 0 saturated carbocycles. The highest BCUT2D eigenvalue weighted by Crippen LogP contribution is 2.04. The molecule has 0 unspecified atom stereocenters. The number of rotatable bonds is 11. The van der Waals surface area contributed by atoms with Gasteiger partial charge in [0.2, 0.25) is 5.91 Å². The molecule has 0 aromatic heterocycles. The second-order valence-corrected chi connectivity index (χ2v) is 4.21. The Morgan fingerprint density at radius 3 is 2.31 bits per heavy atom. The molecule has 0 bridgehead atoms. The van der Waals surface area contributed by atoms with Gasteiger partial charge in [0.1, 0.15) is 0 Å². The maximum Gasteiger partial charge on any atom is 0.219 e. The number of unbranched alkanes of at least 4 members (excludes halogenated alkanes) is 5. The Morgan fingerprint density at radius 2 is 1.69 bits per heavy atom. The molecule has 0 aliphatic heterocycles. The number of methoxy groups -OCH3 is 1. The van der Waals surface area contributed by atoms with Crippen molar-refractivity contribution >= 4 is 5.91 Å². The summed E-state index contributed by atoms with van der Waals surface area (Å²) in [7, 11) is 1.75. The Hall–Kier alpha value is -0.570. The van der Waals surface area contributed by atoms with E-state index in [9.17, 15) is 4.79 Å². The van der Waals surface area contributed by atoms with Gasteiger partial charge in [0.05, 0.1) is 0 Å². The smallest absolute Gasteiger partial charge is 0.219 e. The Morgan fingerprint density at radius 1 is 1.06 bits per heavy atom. The van der Waals surface area contributed by atoms with Crippen LogP contribution in [0.25, 0.3) is 0 Å². The molecule has 3 nitrogen and oxygen atoms in total. The largest absolute Gasteiger partial charge is 0.385 e. The summed E-state index contributed by atoms with van der Waals surface area (Å²) >= 11 is 0. The fraction of sp³-hybridized carbons (Fsp3) is 0.923. The molecule has 0 aliphatic carbocycles. The van der Waals surface area contributed by atoms with Crippen LogP contribution in [-0.4, -0.2) is 26.2 Å². The van der Waals surface area contributed by atoms with Crippen LogP contribution in [0.1, 0.15) is 58.3 Å². The third-order valence-electron chi connectivity index (χ3n) is 2.57. The summed E-state index contributed by atoms with van der Waals surface area (Å²) < 4.78 is 4.99. The molecule has 0 spiro atoms. The molecule has 0 atom stereocenters. The zero-order valence-electron chi connectivity index (χ0n) is 10.9. The van der Waals surface area contributed by atoms with Crippen LogP contribution >= 0.6 is 0 Å². The average molecular weight is 229 g/mol. The first-order valence-corrected chi connectivity index (χ1v) is 6.57. The molecule has 1 N–H and O–H groups in total. The van der Waals surface area contributed by atoms with Crippen molar-refractivity contribution in [1.29, 1.82) is 0 Å². The standard InChI is InChI=1S/C13H27NO2/c1-3-10-13(15)14-11-8-6-4-5-7-9-12-16-2/h3-12H2,1-2H3,(H,14,15). The summed E-state index contributed by atoms with van der Waals surface area (Å²) in [4.78, 5) is 11.1. The fourth-order valence-electron chi connectivity index (χ4n) is 1.62. The second kappa shape index (κ2) is 12.5. The number of carbonyl (C=O) groups is 1. The zero-order valence-corrected chi connectivity index (χ0v) is 10.9. The molecule has 0 aromatic carbocycles. The Labute approximate surface area is 99.9 Å². The van der Waals surface area contributed by atoms with E-state index in [4.69, 9.17) is 4.74 Å². The number of carbonyl (C=O) groups excluding carboxylic acids is 1. The molecule has 0 heterocycles. The van der Waals surface area contributed by atoms with Gasteiger partial charge in [-0.25, -0.2) is 0 Å². The lowest BCUT2D eigenvalue weighted by Gasteiger charge is -2.04. The SMILES string of the molecule is CCCC(=O)NCCCCCCCCOC. The summed E-state index contributed by atoms with van der Waals surface area (Å²) in [5, 5.41) is 2.94. The first kappa shape index (κ1) is 15.4. The van der Waals surface area contributed by atoms with E-state index < -0.39 is 0 Å². The predicted molar refractivity (Wildman–Crippen MR) is 67.5 cm³/mol. The van der Waals surface area contributed by atoms with Crippen LogP contribution in [0, 0.1) is 0 Å². The van der Waals surface area contributed by atoms with Crippen LogP contribution < -0.4 is 5.32 Å². The Kier molecular flexibility index (Phi) is 12.1. The third-order valence-corrected chi connectivity index (χ3v) is 2.57. The highest BCUT2D eigenvalue weighted by Gasteiger charge is 1.97. The lowest BCUT2D eigenvalue weighted by molar-refractivity contribution is -0.121. The highest BCUT2D eigenvalue weighted by molar-refractivity contribution is 5.75. The number of hydrogen-bond acceptors (Lipinski definition) is 2. The summed E-state index contributed by atoms with van der Waals surface area (Å²) in [5.41, 5.74) is 0. The van der Waals surface area contributed by atoms with Crippen molar-refractivity contribution in [3.05, 3.63) is 0 Å². The van der Waals surface area contributed by atoms with E-state index in [0.717, 1.165) is 26.0 Å². The molecular weight excluding hydrogens is 202 g/mol. The van der Waals surface area contributed by atoms with E-state index in [1.165, 1.54) is 32.1 Å². The van der Waals surface area contributed by atoms with Gasteiger partial charge in [-0.3, -0.25) is 4.79 Å². The Balaban J connectivity index is 3.01. The van der Waals surface area contributed by atoms with Gasteiger partial charge in [-0.15, -0.1) is 0 Å². The topological polar surface area (TPSA) is 38.3 Å². The summed E-state index contributed by atoms with van der Waals surface area (Å²) in [5.74, 6) is 0.197. The van der Waals surface area contributed by atoms with Crippen molar-refractivity contribution in [2.24, 2.45) is 0 Å². The maximum absolute atomic E-state index is 11.1. The van der Waals surface area contributed by atoms with Crippen LogP contribution in [0.15, 0.2) is 0 Å². The van der Waals surface area contributed by atoms with Crippen molar-refractivity contribution in [3.63, 3.8) is 0 Å². The van der Waals surface area contributed by atoms with Gasteiger partial charge < -0.3 is 10.1 Å². The van der Waals surface area contributed by atoms with Crippen LogP contribution in [0.3, 0.4) is 0 Å². The van der Waals surface area contributed by atoms with E-state index >= 15 is 0 Å². The van der Waals surface area contributed by atoms with Gasteiger partial charge in [-0.2, -0.15) is 0 Å². The monoisotopic (exact) mass is 229 g/mol. The van der Waals surface area contributed by atoms with Crippen LogP contribution in [0.4, 0.5) is 0 Å². The van der Waals surface area contributed by atoms with Crippen molar-refractivity contribution in [1.82, 2.24) is 5.32 Å². The van der Waals surface area contributed by atoms with Crippen LogP contribution in [-0.2, 0) is 9.53 Å². The average Bonchev–Trinajstić information content (AvgIpc) is 2.27. The van der Waals surface area contributed by atoms with Crippen molar-refractivity contribution < 1.29 is 9.53 Å². The van der Waals surface area contributed by atoms with E-state index in [-0.39, 0.29) is 5.91 Å². The maximum atomic E-state index is 11.1. The molecule has 0 aliphatic rings. The fourth-order valence-corrected chi connectivity index (χ4v) is 1.62. The lowest BCUT2D eigenvalue weighted by atomic mass is 10.1. The summed E-state index contributed by atoms with van der Waals surface area (Å²) in [6, 6.07) is 0. The number of amides is 1. The molecule has 16 heavy (non-hydrogen) atoms. The molecule has 1 amide bonds. The number of ether oxygens (including phenoxy) is 1. The first-order chi connectivity index (χ1) is 7.81. The second-order valence-electron chi connectivity index (χ2n) is 4.21. The molecule has 0 rings (SSSR count). The minimum absolute atomic E-state index is 0.197. The van der Waals surface area contributed by atoms with Gasteiger partial charge in [-0.1, -0.05) is 32.6 Å². The van der Waals surface area contributed by atoms with Crippen LogP contribution in [0.5, 0.6) is 0 Å². The summed E-state index contributed by atoms with van der Waals surface area (Å²) in [6.07, 6.45) is 8.92. The predicted octanol–water partition coefficient (Wildman–Crippen LogP) is 2.89. The van der Waals surface area contributed by atoms with E-state index in [1.807, 2.05) is 6.92 Å². The third kappa shape index (κ3) is 11.5. The molecule has 0 saturated heterocycles. The van der Waals surface area contributed by atoms with Gasteiger partial charge in [0.25, 0.3) is 0 Å². The first-order valence-electron chi connectivity index (χ1n) is 6.57. The van der Waals surface area contributed by atoms with Gasteiger partial charge in [0, 0.05) is 26.7 Å².